The Balaban J connectivity index is 1.48. The van der Waals surface area contributed by atoms with Crippen molar-refractivity contribution in [3.8, 4) is 11.3 Å². The number of nitrogens with zero attached hydrogens (tertiary/aromatic N) is 4. The summed E-state index contributed by atoms with van der Waals surface area (Å²) in [5.74, 6) is 0. The minimum Gasteiger partial charge on any atom is -0.385 e. The van der Waals surface area contributed by atoms with Crippen LogP contribution in [0.2, 0.25) is 0 Å². The zero-order chi connectivity index (χ0) is 20.2. The van der Waals surface area contributed by atoms with Crippen molar-refractivity contribution in [2.24, 2.45) is 0 Å². The first kappa shape index (κ1) is 19.4. The lowest BCUT2D eigenvalue weighted by Gasteiger charge is -2.27. The summed E-state index contributed by atoms with van der Waals surface area (Å²) in [5.41, 5.74) is 4.83. The second-order valence-corrected chi connectivity index (χ2v) is 8.06. The van der Waals surface area contributed by atoms with E-state index < -0.39 is 0 Å². The predicted molar refractivity (Wildman–Crippen MR) is 119 cm³/mol. The first-order valence-electron chi connectivity index (χ1n) is 9.56. The Morgan fingerprint density at radius 2 is 2.07 bits per heavy atom. The molecule has 0 bridgehead atoms. The summed E-state index contributed by atoms with van der Waals surface area (Å²) in [6.07, 6.45) is 4.56. The van der Waals surface area contributed by atoms with Gasteiger partial charge in [0.1, 0.15) is 0 Å². The molecule has 0 fully saturated rings. The quantitative estimate of drug-likeness (QED) is 0.575. The second-order valence-electron chi connectivity index (χ2n) is 7.22. The van der Waals surface area contributed by atoms with E-state index in [0.29, 0.717) is 11.7 Å². The van der Waals surface area contributed by atoms with Gasteiger partial charge < -0.3 is 15.5 Å². The molecule has 1 aromatic carbocycles. The van der Waals surface area contributed by atoms with E-state index in [1.54, 1.807) is 17.3 Å². The number of rotatable bonds is 7. The molecule has 4 rings (SSSR count). The van der Waals surface area contributed by atoms with Gasteiger partial charge in [0.25, 0.3) is 0 Å². The van der Waals surface area contributed by atoms with Crippen LogP contribution in [0.5, 0.6) is 0 Å². The van der Waals surface area contributed by atoms with E-state index in [-0.39, 0.29) is 6.03 Å². The summed E-state index contributed by atoms with van der Waals surface area (Å²) in [6.45, 7) is 2.46. The highest BCUT2D eigenvalue weighted by atomic mass is 32.1. The van der Waals surface area contributed by atoms with Crippen LogP contribution in [-0.2, 0) is 6.54 Å². The Morgan fingerprint density at radius 3 is 2.86 bits per heavy atom. The summed E-state index contributed by atoms with van der Waals surface area (Å²) >= 11 is 1.47. The van der Waals surface area contributed by atoms with Crippen LogP contribution in [0.1, 0.15) is 12.0 Å². The molecule has 0 radical (unpaired) electrons. The summed E-state index contributed by atoms with van der Waals surface area (Å²) in [4.78, 5) is 25.2. The van der Waals surface area contributed by atoms with E-state index in [2.05, 4.69) is 45.7 Å². The predicted octanol–water partition coefficient (Wildman–Crippen LogP) is 4.12. The van der Waals surface area contributed by atoms with Crippen molar-refractivity contribution in [3.05, 3.63) is 53.7 Å². The number of anilines is 3. The maximum absolute atomic E-state index is 12.6. The molecule has 0 unspecified atom stereocenters. The van der Waals surface area contributed by atoms with E-state index in [4.69, 9.17) is 0 Å². The molecule has 3 aromatic rings. The Hall–Kier alpha value is -2.97. The molecule has 2 N–H and O–H groups in total. The van der Waals surface area contributed by atoms with Crippen molar-refractivity contribution >= 4 is 33.9 Å². The Bertz CT molecular complexity index is 988. The fourth-order valence-corrected chi connectivity index (χ4v) is 4.04. The molecular formula is C21H24N6OS. The average molecular weight is 409 g/mol. The number of aromatic nitrogens is 2. The number of thiazole rings is 1. The van der Waals surface area contributed by atoms with Crippen LogP contribution in [0.25, 0.3) is 11.3 Å². The molecule has 7 nitrogen and oxygen atoms in total. The van der Waals surface area contributed by atoms with Gasteiger partial charge in [-0.15, -0.1) is 11.3 Å². The molecule has 0 saturated heterocycles. The highest BCUT2D eigenvalue weighted by Crippen LogP contribution is 2.33. The molecule has 0 saturated carbocycles. The number of amides is 2. The van der Waals surface area contributed by atoms with E-state index in [1.807, 2.05) is 29.6 Å². The molecule has 150 valence electrons. The third kappa shape index (κ3) is 4.55. The lowest BCUT2D eigenvalue weighted by molar-refractivity contribution is 0.256. The van der Waals surface area contributed by atoms with Crippen LogP contribution in [0.3, 0.4) is 0 Å². The number of carbonyl (C=O) groups excluding carboxylic acids is 1. The lowest BCUT2D eigenvalue weighted by atomic mass is 10.1. The highest BCUT2D eigenvalue weighted by Gasteiger charge is 2.26. The summed E-state index contributed by atoms with van der Waals surface area (Å²) in [7, 11) is 4.16. The SMILES string of the molecule is CN(C)CCCNc1ccc2c(c1)CN(c1nc(-c3ccncc3)cs1)C(=O)N2. The number of carbonyl (C=O) groups is 1. The number of hydrogen-bond acceptors (Lipinski definition) is 6. The average Bonchev–Trinajstić information content (AvgIpc) is 3.21. The summed E-state index contributed by atoms with van der Waals surface area (Å²) < 4.78 is 0. The number of urea groups is 1. The summed E-state index contributed by atoms with van der Waals surface area (Å²) in [5, 5.41) is 9.09. The molecule has 3 heterocycles. The van der Waals surface area contributed by atoms with Gasteiger partial charge in [0.15, 0.2) is 5.13 Å². The molecular weight excluding hydrogens is 384 g/mol. The number of fused-ring (bicyclic) bond motifs is 1. The maximum Gasteiger partial charge on any atom is 0.328 e. The fourth-order valence-electron chi connectivity index (χ4n) is 3.21. The topological polar surface area (TPSA) is 73.4 Å². The van der Waals surface area contributed by atoms with Gasteiger partial charge >= 0.3 is 6.03 Å². The van der Waals surface area contributed by atoms with Gasteiger partial charge in [-0.05, 0) is 63.0 Å². The van der Waals surface area contributed by atoms with Gasteiger partial charge in [-0.1, -0.05) is 0 Å². The normalized spacial score (nSPS) is 13.3. The molecule has 2 amide bonds. The van der Waals surface area contributed by atoms with Crippen molar-refractivity contribution < 1.29 is 4.79 Å². The van der Waals surface area contributed by atoms with Crippen molar-refractivity contribution in [2.75, 3.05) is 42.7 Å². The first-order valence-corrected chi connectivity index (χ1v) is 10.4. The van der Waals surface area contributed by atoms with Gasteiger partial charge in [-0.2, -0.15) is 0 Å². The summed E-state index contributed by atoms with van der Waals surface area (Å²) in [6, 6.07) is 9.75. The highest BCUT2D eigenvalue weighted by molar-refractivity contribution is 7.14. The lowest BCUT2D eigenvalue weighted by Crippen LogP contribution is -2.38. The molecule has 0 atom stereocenters. The Morgan fingerprint density at radius 1 is 1.24 bits per heavy atom. The molecule has 2 aromatic heterocycles. The van der Waals surface area contributed by atoms with Crippen LogP contribution < -0.4 is 15.5 Å². The molecule has 8 heteroatoms. The van der Waals surface area contributed by atoms with Gasteiger partial charge in [-0.3, -0.25) is 9.88 Å². The van der Waals surface area contributed by atoms with Crippen molar-refractivity contribution in [1.29, 1.82) is 0 Å². The largest absolute Gasteiger partial charge is 0.385 e. The fraction of sp³-hybridized carbons (Fsp3) is 0.286. The number of hydrogen-bond donors (Lipinski definition) is 2. The van der Waals surface area contributed by atoms with E-state index in [0.717, 1.165) is 47.7 Å². The monoisotopic (exact) mass is 408 g/mol. The van der Waals surface area contributed by atoms with Gasteiger partial charge in [-0.25, -0.2) is 9.78 Å². The van der Waals surface area contributed by atoms with Crippen LogP contribution >= 0.6 is 11.3 Å². The van der Waals surface area contributed by atoms with E-state index >= 15 is 0 Å². The smallest absolute Gasteiger partial charge is 0.328 e. The molecule has 1 aliphatic rings. The minimum absolute atomic E-state index is 0.153. The van der Waals surface area contributed by atoms with Crippen LogP contribution in [-0.4, -0.2) is 48.1 Å². The first-order chi connectivity index (χ1) is 14.1. The minimum atomic E-state index is -0.153. The molecule has 1 aliphatic heterocycles. The van der Waals surface area contributed by atoms with Crippen LogP contribution in [0.15, 0.2) is 48.1 Å². The van der Waals surface area contributed by atoms with Gasteiger partial charge in [0.2, 0.25) is 0 Å². The Kier molecular flexibility index (Phi) is 5.73. The van der Waals surface area contributed by atoms with Crippen molar-refractivity contribution in [1.82, 2.24) is 14.9 Å². The van der Waals surface area contributed by atoms with E-state index in [1.165, 1.54) is 11.3 Å². The Labute approximate surface area is 174 Å². The zero-order valence-corrected chi connectivity index (χ0v) is 17.4. The molecule has 0 spiro atoms. The number of benzene rings is 1. The third-order valence-corrected chi connectivity index (χ3v) is 5.59. The number of nitrogens with one attached hydrogen (secondary N) is 2. The molecule has 29 heavy (non-hydrogen) atoms. The van der Waals surface area contributed by atoms with Crippen molar-refractivity contribution in [3.63, 3.8) is 0 Å². The zero-order valence-electron chi connectivity index (χ0n) is 16.6. The van der Waals surface area contributed by atoms with Crippen LogP contribution in [0, 0.1) is 0 Å². The van der Waals surface area contributed by atoms with E-state index in [9.17, 15) is 4.79 Å². The molecule has 0 aliphatic carbocycles. The third-order valence-electron chi connectivity index (χ3n) is 4.73. The standard InChI is InChI=1S/C21H24N6OS/c1-26(2)11-3-8-23-17-4-5-18-16(12-17)13-27(20(28)24-18)21-25-19(14-29-21)15-6-9-22-10-7-15/h4-7,9-10,12,14,23H,3,8,11,13H2,1-2H3,(H,24,28). The second kappa shape index (κ2) is 8.59. The van der Waals surface area contributed by atoms with Gasteiger partial charge in [0.05, 0.1) is 12.2 Å². The van der Waals surface area contributed by atoms with Gasteiger partial charge in [0, 0.05) is 41.3 Å². The number of pyridine rings is 1. The maximum atomic E-state index is 12.6. The van der Waals surface area contributed by atoms with Crippen molar-refractivity contribution in [2.45, 2.75) is 13.0 Å². The van der Waals surface area contributed by atoms with Crippen LogP contribution in [0.4, 0.5) is 21.3 Å².